The van der Waals surface area contributed by atoms with Gasteiger partial charge in [0, 0.05) is 24.2 Å². The fraction of sp³-hybridized carbons (Fsp3) is 0.192. The second kappa shape index (κ2) is 21.8. The van der Waals surface area contributed by atoms with Gasteiger partial charge in [-0.25, -0.2) is 29.0 Å². The number of benzene rings is 4. The second-order valence-electron chi connectivity index (χ2n) is 19.5. The lowest BCUT2D eigenvalue weighted by Gasteiger charge is -2.18. The van der Waals surface area contributed by atoms with Gasteiger partial charge in [-0.3, -0.25) is 28.8 Å². The van der Waals surface area contributed by atoms with E-state index in [-0.39, 0.29) is 94.1 Å². The molecule has 0 bridgehead atoms. The van der Waals surface area contributed by atoms with E-state index in [1.165, 1.54) is 20.9 Å². The zero-order chi connectivity index (χ0) is 57.6. The molecule has 2 atom stereocenters. The number of carbonyl (C=O) groups excluding carboxylic acids is 6. The normalized spacial score (nSPS) is 15.4. The summed E-state index contributed by atoms with van der Waals surface area (Å²) in [5.74, 6) is -0.117. The van der Waals surface area contributed by atoms with Crippen molar-refractivity contribution in [3.63, 3.8) is 0 Å². The number of nitrogens with zero attached hydrogens (tertiary/aromatic N) is 12. The highest BCUT2D eigenvalue weighted by molar-refractivity contribution is 7.71. The predicted octanol–water partition coefficient (Wildman–Crippen LogP) is 3.29. The number of anilines is 2. The van der Waals surface area contributed by atoms with E-state index in [9.17, 15) is 28.8 Å². The number of amides is 6. The summed E-state index contributed by atoms with van der Waals surface area (Å²) >= 11 is 10.7. The molecule has 6 aromatic heterocycles. The Bertz CT molecular complexity index is 4460. The minimum absolute atomic E-state index is 0.00665. The standard InChI is InChI=1S/2C26H21N11O4S/c38-21-11-41-20-6-1-12(7-17(20)28-21)10-27-24(40)19-9-18(30-25-33-34-26(42)37(19)25)23(39)29-16-5-3-13-8-14(2-4-15(13)16)22-31-35-36-32-22;38-21-11-41-20-6-1-12(7-17(20)28-21)10-27-23(39)18-9-19(37-25(30-18)33-34-26(37)42)24(40)29-16-5-3-13-8-14(2-4-15(13)16)22-31-35-36-32-22/h1-2,4,6-9,16H,3,5,10-11H2,(H,27,40)(H,28,38)(H,29,39)(H,34,42)(H,31,32,35,36);1-2,4,6-9,16H,3,5,10-11H2,(H,27,39)(H,28,38)(H,29,40)(H,34,42)(H,31,32,35,36)/t2*16-/m00/s1. The highest BCUT2D eigenvalue weighted by Gasteiger charge is 2.30. The van der Waals surface area contributed by atoms with E-state index >= 15 is 0 Å². The number of ether oxygens (including phenoxy) is 2. The number of aryl methyl sites for hydroxylation is 2. The van der Waals surface area contributed by atoms with Crippen LogP contribution < -0.4 is 41.4 Å². The lowest BCUT2D eigenvalue weighted by atomic mass is 10.0. The van der Waals surface area contributed by atoms with Crippen LogP contribution in [0.2, 0.25) is 0 Å². The summed E-state index contributed by atoms with van der Waals surface area (Å²) in [6.45, 7) is 0.204. The molecule has 14 rings (SSSR count). The van der Waals surface area contributed by atoms with Crippen molar-refractivity contribution in [3.05, 3.63) is 151 Å². The Morgan fingerprint density at radius 3 is 1.54 bits per heavy atom. The van der Waals surface area contributed by atoms with Crippen LogP contribution in [0.25, 0.3) is 34.3 Å². The van der Waals surface area contributed by atoms with Crippen molar-refractivity contribution in [3.8, 4) is 34.3 Å². The molecule has 84 heavy (non-hydrogen) atoms. The van der Waals surface area contributed by atoms with Gasteiger partial charge in [-0.15, -0.1) is 30.6 Å². The first kappa shape index (κ1) is 52.4. The molecule has 0 unspecified atom stereocenters. The van der Waals surface area contributed by atoms with Gasteiger partial charge in [0.05, 0.1) is 23.5 Å². The third-order valence-corrected chi connectivity index (χ3v) is 14.8. The zero-order valence-electron chi connectivity index (χ0n) is 43.3. The van der Waals surface area contributed by atoms with Crippen LogP contribution >= 0.6 is 24.4 Å². The molecule has 32 heteroatoms. The van der Waals surface area contributed by atoms with E-state index in [0.717, 1.165) is 57.3 Å². The van der Waals surface area contributed by atoms with Gasteiger partial charge < -0.3 is 41.4 Å². The van der Waals surface area contributed by atoms with Crippen molar-refractivity contribution >= 4 is 82.8 Å². The van der Waals surface area contributed by atoms with Crippen molar-refractivity contribution in [2.24, 2.45) is 0 Å². The molecule has 420 valence electrons. The molecular formula is C52H42N22O8S2. The Labute approximate surface area is 480 Å². The molecular weight excluding hydrogens is 1120 g/mol. The number of hydrogen-bond donors (Lipinski definition) is 10. The number of nitrogens with one attached hydrogen (secondary N) is 10. The second-order valence-corrected chi connectivity index (χ2v) is 20.3. The van der Waals surface area contributed by atoms with Crippen LogP contribution in [0.15, 0.2) is 84.9 Å². The van der Waals surface area contributed by atoms with Crippen molar-refractivity contribution in [2.75, 3.05) is 23.8 Å². The lowest BCUT2D eigenvalue weighted by molar-refractivity contribution is -0.119. The molecule has 30 nitrogen and oxygen atoms in total. The maximum atomic E-state index is 13.6. The number of aromatic amines is 4. The van der Waals surface area contributed by atoms with Gasteiger partial charge in [0.1, 0.15) is 34.3 Å². The lowest BCUT2D eigenvalue weighted by Crippen LogP contribution is -2.30. The van der Waals surface area contributed by atoms with Gasteiger partial charge in [-0.05, 0) is 142 Å². The number of fused-ring (bicyclic) bond motifs is 6. The molecule has 4 aliphatic rings. The minimum atomic E-state index is -0.515. The molecule has 4 aromatic carbocycles. The molecule has 2 aliphatic carbocycles. The average molecular weight is 1170 g/mol. The summed E-state index contributed by atoms with van der Waals surface area (Å²) in [6, 6.07) is 24.4. The van der Waals surface area contributed by atoms with E-state index in [4.69, 9.17) is 33.9 Å². The monoisotopic (exact) mass is 1170 g/mol. The van der Waals surface area contributed by atoms with Crippen LogP contribution in [0.4, 0.5) is 11.4 Å². The predicted molar refractivity (Wildman–Crippen MR) is 296 cm³/mol. The van der Waals surface area contributed by atoms with Gasteiger partial charge in [-0.2, -0.15) is 10.4 Å². The molecule has 0 saturated carbocycles. The van der Waals surface area contributed by atoms with E-state index in [1.54, 1.807) is 36.4 Å². The third kappa shape index (κ3) is 10.4. The van der Waals surface area contributed by atoms with Crippen molar-refractivity contribution in [2.45, 2.75) is 50.9 Å². The SMILES string of the molecule is O=C1COc2ccc(CNC(=O)c3cc(C(=O)N[C@H]4CCc5cc(-c6nn[nH]n6)ccc54)n4c(=S)[nH]nc4n3)cc2N1.O=C1COc2ccc(CNC(=O)c3cc(C(=O)N[C@H]4CCc5cc(-c6nn[nH]n6)ccc54)nc4n[nH]c(=S)n34)cc2N1. The summed E-state index contributed by atoms with van der Waals surface area (Å²) in [5, 5.41) is 58.8. The number of rotatable bonds is 12. The Hall–Kier alpha value is -11.0. The first-order valence-electron chi connectivity index (χ1n) is 25.8. The van der Waals surface area contributed by atoms with Gasteiger partial charge in [0.25, 0.3) is 47.0 Å². The Kier molecular flexibility index (Phi) is 13.6. The molecule has 0 radical (unpaired) electrons. The molecule has 6 amide bonds. The highest BCUT2D eigenvalue weighted by atomic mass is 32.1. The third-order valence-electron chi connectivity index (χ3n) is 14.2. The number of hydrogen-bond acceptors (Lipinski definition) is 20. The molecule has 2 aliphatic heterocycles. The molecule has 10 aromatic rings. The summed E-state index contributed by atoms with van der Waals surface area (Å²) < 4.78 is 13.8. The van der Waals surface area contributed by atoms with Crippen molar-refractivity contribution in [1.29, 1.82) is 0 Å². The Balaban J connectivity index is 0.000000157. The number of tetrazole rings is 2. The zero-order valence-corrected chi connectivity index (χ0v) is 45.0. The van der Waals surface area contributed by atoms with Crippen LogP contribution in [0.3, 0.4) is 0 Å². The van der Waals surface area contributed by atoms with Gasteiger partial charge in [-0.1, -0.05) is 36.4 Å². The fourth-order valence-corrected chi connectivity index (χ4v) is 10.7. The molecule has 0 fully saturated rings. The van der Waals surface area contributed by atoms with Crippen molar-refractivity contribution in [1.82, 2.24) is 102 Å². The first-order chi connectivity index (χ1) is 40.8. The molecule has 10 N–H and O–H groups in total. The molecule has 8 heterocycles. The number of H-pyrrole nitrogens is 4. The number of aromatic nitrogens is 16. The summed E-state index contributed by atoms with van der Waals surface area (Å²) in [5.41, 5.74) is 8.55. The summed E-state index contributed by atoms with van der Waals surface area (Å²) in [6.07, 6.45) is 2.92. The largest absolute Gasteiger partial charge is 0.482 e. The van der Waals surface area contributed by atoms with Crippen LogP contribution in [-0.2, 0) is 35.5 Å². The maximum absolute atomic E-state index is 13.6. The van der Waals surface area contributed by atoms with Gasteiger partial charge in [0.15, 0.2) is 13.2 Å². The summed E-state index contributed by atoms with van der Waals surface area (Å²) in [4.78, 5) is 85.4. The van der Waals surface area contributed by atoms with Gasteiger partial charge in [0.2, 0.25) is 21.2 Å². The van der Waals surface area contributed by atoms with Crippen LogP contribution in [-0.4, -0.2) is 129 Å². The van der Waals surface area contributed by atoms with E-state index in [1.807, 2.05) is 36.4 Å². The van der Waals surface area contributed by atoms with Crippen LogP contribution in [0.1, 0.15) is 100 Å². The summed E-state index contributed by atoms with van der Waals surface area (Å²) in [7, 11) is 0. The van der Waals surface area contributed by atoms with Crippen LogP contribution in [0.5, 0.6) is 11.5 Å². The minimum Gasteiger partial charge on any atom is -0.482 e. The Morgan fingerprint density at radius 2 is 1.04 bits per heavy atom. The Morgan fingerprint density at radius 1 is 0.560 bits per heavy atom. The fourth-order valence-electron chi connectivity index (χ4n) is 10.3. The first-order valence-corrected chi connectivity index (χ1v) is 26.7. The average Bonchev–Trinajstić information content (AvgIpc) is 3.39. The van der Waals surface area contributed by atoms with E-state index < -0.39 is 23.6 Å². The van der Waals surface area contributed by atoms with E-state index in [0.29, 0.717) is 47.4 Å². The van der Waals surface area contributed by atoms with Gasteiger partial charge >= 0.3 is 0 Å². The number of carbonyl (C=O) groups is 6. The maximum Gasteiger partial charge on any atom is 0.270 e. The quantitative estimate of drug-likeness (QED) is 0.0784. The van der Waals surface area contributed by atoms with E-state index in [2.05, 4.69) is 104 Å². The molecule has 0 saturated heterocycles. The topological polar surface area (TPSA) is 394 Å². The molecule has 0 spiro atoms. The highest BCUT2D eigenvalue weighted by Crippen LogP contribution is 2.36. The van der Waals surface area contributed by atoms with Crippen molar-refractivity contribution < 1.29 is 38.2 Å². The smallest absolute Gasteiger partial charge is 0.270 e. The van der Waals surface area contributed by atoms with Crippen LogP contribution in [0, 0.1) is 9.54 Å².